The highest BCUT2D eigenvalue weighted by Crippen LogP contribution is 2.33. The van der Waals surface area contributed by atoms with E-state index in [0.29, 0.717) is 6.04 Å². The smallest absolute Gasteiger partial charge is 0.165 e. The molecule has 5 rings (SSSR count). The first-order chi connectivity index (χ1) is 13.3. The maximum absolute atomic E-state index is 4.71. The van der Waals surface area contributed by atoms with Crippen LogP contribution in [0.4, 0.5) is 11.5 Å². The second-order valence-corrected chi connectivity index (χ2v) is 7.77. The summed E-state index contributed by atoms with van der Waals surface area (Å²) >= 11 is 0. The Morgan fingerprint density at radius 1 is 0.852 bits per heavy atom. The van der Waals surface area contributed by atoms with Crippen LogP contribution < -0.4 is 9.80 Å². The molecule has 6 heteroatoms. The Morgan fingerprint density at radius 3 is 2.30 bits per heavy atom. The number of hydrogen-bond acceptors (Lipinski definition) is 5. The lowest BCUT2D eigenvalue weighted by Crippen LogP contribution is -2.47. The summed E-state index contributed by atoms with van der Waals surface area (Å²) in [7, 11) is 0. The summed E-state index contributed by atoms with van der Waals surface area (Å²) < 4.78 is 2.27. The van der Waals surface area contributed by atoms with Gasteiger partial charge in [-0.05, 0) is 31.9 Å². The van der Waals surface area contributed by atoms with Crippen molar-refractivity contribution in [3.05, 3.63) is 42.5 Å². The molecule has 0 N–H and O–H groups in total. The van der Waals surface area contributed by atoms with Gasteiger partial charge in [0.05, 0.1) is 6.33 Å². The number of aryl methyl sites for hydroxylation is 1. The highest BCUT2D eigenvalue weighted by molar-refractivity contribution is 5.83. The van der Waals surface area contributed by atoms with Gasteiger partial charge in [0.2, 0.25) is 0 Å². The molecular weight excluding hydrogens is 336 g/mol. The Balaban J connectivity index is 1.36. The SMILES string of the molecule is Cc1ccc(N2CCN(c3ncnc4c3ncn4C3CCCC3)CC2)cc1. The second-order valence-electron chi connectivity index (χ2n) is 7.77. The van der Waals surface area contributed by atoms with E-state index in [9.17, 15) is 0 Å². The molecule has 0 atom stereocenters. The zero-order valence-electron chi connectivity index (χ0n) is 15.9. The molecule has 1 aromatic carbocycles. The molecule has 1 saturated heterocycles. The lowest BCUT2D eigenvalue weighted by molar-refractivity contribution is 0.529. The topological polar surface area (TPSA) is 50.1 Å². The van der Waals surface area contributed by atoms with Crippen molar-refractivity contribution in [1.82, 2.24) is 19.5 Å². The molecule has 0 bridgehead atoms. The number of piperazine rings is 1. The number of hydrogen-bond donors (Lipinski definition) is 0. The van der Waals surface area contributed by atoms with Gasteiger partial charge in [-0.3, -0.25) is 0 Å². The van der Waals surface area contributed by atoms with Crippen molar-refractivity contribution in [1.29, 1.82) is 0 Å². The van der Waals surface area contributed by atoms with Crippen molar-refractivity contribution in [2.75, 3.05) is 36.0 Å². The van der Waals surface area contributed by atoms with Crippen LogP contribution in [0, 0.1) is 6.92 Å². The third kappa shape index (κ3) is 3.03. The van der Waals surface area contributed by atoms with Crippen molar-refractivity contribution >= 4 is 22.7 Å². The van der Waals surface area contributed by atoms with Gasteiger partial charge in [0.25, 0.3) is 0 Å². The van der Waals surface area contributed by atoms with Crippen LogP contribution in [0.3, 0.4) is 0 Å². The molecule has 1 aliphatic heterocycles. The average Bonchev–Trinajstić information content (AvgIpc) is 3.38. The largest absolute Gasteiger partial charge is 0.368 e. The number of benzene rings is 1. The van der Waals surface area contributed by atoms with Gasteiger partial charge in [-0.1, -0.05) is 30.5 Å². The van der Waals surface area contributed by atoms with Gasteiger partial charge < -0.3 is 14.4 Å². The molecule has 6 nitrogen and oxygen atoms in total. The summed E-state index contributed by atoms with van der Waals surface area (Å²) in [6.07, 6.45) is 8.77. The van der Waals surface area contributed by atoms with E-state index >= 15 is 0 Å². The van der Waals surface area contributed by atoms with Crippen LogP contribution in [-0.4, -0.2) is 45.7 Å². The average molecular weight is 362 g/mol. The summed E-state index contributed by atoms with van der Waals surface area (Å²) in [5.41, 5.74) is 4.55. The van der Waals surface area contributed by atoms with Gasteiger partial charge >= 0.3 is 0 Å². The predicted molar refractivity (Wildman–Crippen MR) is 108 cm³/mol. The Kier molecular flexibility index (Phi) is 4.19. The monoisotopic (exact) mass is 362 g/mol. The fourth-order valence-electron chi connectivity index (χ4n) is 4.45. The quantitative estimate of drug-likeness (QED) is 0.713. The molecule has 27 heavy (non-hydrogen) atoms. The van der Waals surface area contributed by atoms with E-state index in [2.05, 4.69) is 55.5 Å². The summed E-state index contributed by atoms with van der Waals surface area (Å²) in [6, 6.07) is 9.36. The molecule has 140 valence electrons. The fraction of sp³-hybridized carbons (Fsp3) is 0.476. The zero-order valence-corrected chi connectivity index (χ0v) is 15.9. The van der Waals surface area contributed by atoms with Crippen LogP contribution in [0.25, 0.3) is 11.2 Å². The van der Waals surface area contributed by atoms with E-state index < -0.39 is 0 Å². The lowest BCUT2D eigenvalue weighted by Gasteiger charge is -2.36. The van der Waals surface area contributed by atoms with Gasteiger partial charge in [0, 0.05) is 37.9 Å². The van der Waals surface area contributed by atoms with Crippen molar-refractivity contribution in [2.45, 2.75) is 38.6 Å². The standard InChI is InChI=1S/C21H26N6/c1-16-6-8-17(9-7-16)25-10-12-26(13-11-25)20-19-21(23-14-22-20)27(15-24-19)18-4-2-3-5-18/h6-9,14-15,18H,2-5,10-13H2,1H3. The van der Waals surface area contributed by atoms with Crippen molar-refractivity contribution in [3.8, 4) is 0 Å². The van der Waals surface area contributed by atoms with Gasteiger partial charge in [-0.15, -0.1) is 0 Å². The minimum absolute atomic E-state index is 0.552. The molecule has 2 fully saturated rings. The third-order valence-electron chi connectivity index (χ3n) is 6.04. The minimum atomic E-state index is 0.552. The number of anilines is 2. The maximum atomic E-state index is 4.71. The lowest BCUT2D eigenvalue weighted by atomic mass is 10.2. The highest BCUT2D eigenvalue weighted by Gasteiger charge is 2.24. The molecule has 3 heterocycles. The first-order valence-corrected chi connectivity index (χ1v) is 10.0. The Hall–Kier alpha value is -2.63. The molecular formula is C21H26N6. The molecule has 1 aliphatic carbocycles. The van der Waals surface area contributed by atoms with E-state index in [4.69, 9.17) is 4.98 Å². The zero-order chi connectivity index (χ0) is 18.2. The first kappa shape index (κ1) is 16.5. The van der Waals surface area contributed by atoms with Crippen LogP contribution in [-0.2, 0) is 0 Å². The summed E-state index contributed by atoms with van der Waals surface area (Å²) in [5, 5.41) is 0. The van der Waals surface area contributed by atoms with Crippen molar-refractivity contribution in [2.24, 2.45) is 0 Å². The van der Waals surface area contributed by atoms with Gasteiger partial charge in [0.15, 0.2) is 17.0 Å². The molecule has 3 aromatic rings. The first-order valence-electron chi connectivity index (χ1n) is 10.0. The van der Waals surface area contributed by atoms with Crippen LogP contribution >= 0.6 is 0 Å². The normalized spacial score (nSPS) is 18.6. The van der Waals surface area contributed by atoms with Crippen LogP contribution in [0.15, 0.2) is 36.9 Å². The molecule has 2 aromatic heterocycles. The second kappa shape index (κ2) is 6.83. The molecule has 0 radical (unpaired) electrons. The minimum Gasteiger partial charge on any atom is -0.368 e. The molecule has 1 saturated carbocycles. The highest BCUT2D eigenvalue weighted by atomic mass is 15.3. The van der Waals surface area contributed by atoms with Gasteiger partial charge in [-0.2, -0.15) is 0 Å². The van der Waals surface area contributed by atoms with E-state index in [1.54, 1.807) is 6.33 Å². The third-order valence-corrected chi connectivity index (χ3v) is 6.04. The van der Waals surface area contributed by atoms with E-state index in [-0.39, 0.29) is 0 Å². The predicted octanol–water partition coefficient (Wildman–Crippen LogP) is 3.58. The molecule has 0 unspecified atom stereocenters. The number of fused-ring (bicyclic) bond motifs is 1. The number of nitrogens with zero attached hydrogens (tertiary/aromatic N) is 6. The maximum Gasteiger partial charge on any atom is 0.165 e. The van der Waals surface area contributed by atoms with Crippen LogP contribution in [0.5, 0.6) is 0 Å². The van der Waals surface area contributed by atoms with E-state index in [1.807, 2.05) is 6.33 Å². The number of rotatable bonds is 3. The molecule has 0 amide bonds. The molecule has 2 aliphatic rings. The summed E-state index contributed by atoms with van der Waals surface area (Å²) in [5.74, 6) is 0.986. The van der Waals surface area contributed by atoms with Gasteiger partial charge in [0.1, 0.15) is 6.33 Å². The van der Waals surface area contributed by atoms with E-state index in [0.717, 1.165) is 43.2 Å². The summed E-state index contributed by atoms with van der Waals surface area (Å²) in [6.45, 7) is 6.04. The van der Waals surface area contributed by atoms with Crippen molar-refractivity contribution in [3.63, 3.8) is 0 Å². The van der Waals surface area contributed by atoms with Crippen molar-refractivity contribution < 1.29 is 0 Å². The Labute approximate surface area is 159 Å². The van der Waals surface area contributed by atoms with Crippen LogP contribution in [0.1, 0.15) is 37.3 Å². The Morgan fingerprint density at radius 2 is 1.56 bits per heavy atom. The van der Waals surface area contributed by atoms with Gasteiger partial charge in [-0.25, -0.2) is 15.0 Å². The van der Waals surface area contributed by atoms with E-state index in [1.165, 1.54) is 36.9 Å². The van der Waals surface area contributed by atoms with Crippen LogP contribution in [0.2, 0.25) is 0 Å². The molecule has 0 spiro atoms. The number of aromatic nitrogens is 4. The summed E-state index contributed by atoms with van der Waals surface area (Å²) in [4.78, 5) is 18.7. The fourth-order valence-corrected chi connectivity index (χ4v) is 4.45. The Bertz CT molecular complexity index is 917. The number of imidazole rings is 1.